The van der Waals surface area contributed by atoms with Crippen molar-refractivity contribution in [2.24, 2.45) is 5.92 Å². The van der Waals surface area contributed by atoms with Crippen LogP contribution in [0.4, 0.5) is 11.8 Å². The molecule has 0 aromatic carbocycles. The fourth-order valence-electron chi connectivity index (χ4n) is 2.26. The second-order valence-electron chi connectivity index (χ2n) is 5.00. The van der Waals surface area contributed by atoms with Gasteiger partial charge in [0, 0.05) is 31.5 Å². The number of anilines is 2. The van der Waals surface area contributed by atoms with Gasteiger partial charge in [-0.05, 0) is 32.6 Å². The Labute approximate surface area is 108 Å². The van der Waals surface area contributed by atoms with Crippen molar-refractivity contribution < 1.29 is 4.74 Å². The minimum Gasteiger partial charge on any atom is -0.383 e. The Kier molecular flexibility index (Phi) is 4.01. The van der Waals surface area contributed by atoms with E-state index in [0.29, 0.717) is 18.6 Å². The van der Waals surface area contributed by atoms with Gasteiger partial charge >= 0.3 is 0 Å². The van der Waals surface area contributed by atoms with Crippen LogP contribution in [0.5, 0.6) is 0 Å². The fraction of sp³-hybridized carbons (Fsp3) is 0.692. The summed E-state index contributed by atoms with van der Waals surface area (Å²) in [5, 5.41) is 0. The number of nitrogens with two attached hydrogens (primary N) is 1. The molecule has 1 aromatic rings. The molecule has 0 spiro atoms. The molecule has 1 aliphatic carbocycles. The molecular weight excluding hydrogens is 228 g/mol. The third-order valence-corrected chi connectivity index (χ3v) is 3.57. The van der Waals surface area contributed by atoms with E-state index in [4.69, 9.17) is 10.5 Å². The first kappa shape index (κ1) is 13.1. The summed E-state index contributed by atoms with van der Waals surface area (Å²) >= 11 is 0. The molecule has 1 fully saturated rings. The van der Waals surface area contributed by atoms with Crippen LogP contribution < -0.4 is 10.6 Å². The molecule has 1 saturated carbocycles. The molecule has 100 valence electrons. The Balaban J connectivity index is 2.22. The maximum absolute atomic E-state index is 5.71. The van der Waals surface area contributed by atoms with Crippen molar-refractivity contribution >= 4 is 11.8 Å². The highest BCUT2D eigenvalue weighted by molar-refractivity contribution is 5.49. The van der Waals surface area contributed by atoms with Crippen molar-refractivity contribution in [3.05, 3.63) is 11.8 Å². The summed E-state index contributed by atoms with van der Waals surface area (Å²) in [6, 6.07) is 0.480. The topological polar surface area (TPSA) is 64.3 Å². The van der Waals surface area contributed by atoms with Crippen LogP contribution in [-0.2, 0) is 4.74 Å². The Morgan fingerprint density at radius 3 is 2.89 bits per heavy atom. The van der Waals surface area contributed by atoms with Gasteiger partial charge in [0.25, 0.3) is 0 Å². The maximum Gasteiger partial charge on any atom is 0.221 e. The number of nitrogens with zero attached hydrogens (tertiary/aromatic N) is 3. The Morgan fingerprint density at radius 2 is 2.28 bits per heavy atom. The summed E-state index contributed by atoms with van der Waals surface area (Å²) in [6.07, 6.45) is 4.41. The number of hydrogen-bond acceptors (Lipinski definition) is 5. The molecule has 0 bridgehead atoms. The van der Waals surface area contributed by atoms with Crippen LogP contribution in [0.2, 0.25) is 0 Å². The van der Waals surface area contributed by atoms with Gasteiger partial charge in [-0.25, -0.2) is 4.98 Å². The molecule has 2 rings (SSSR count). The van der Waals surface area contributed by atoms with E-state index in [1.54, 1.807) is 13.3 Å². The Bertz CT molecular complexity index is 406. The normalized spacial score (nSPS) is 16.6. The number of hydrogen-bond donors (Lipinski definition) is 1. The predicted octanol–water partition coefficient (Wildman–Crippen LogP) is 1.62. The second kappa shape index (κ2) is 5.52. The minimum absolute atomic E-state index is 0.334. The summed E-state index contributed by atoms with van der Waals surface area (Å²) < 4.78 is 5.20. The largest absolute Gasteiger partial charge is 0.383 e. The molecule has 5 heteroatoms. The molecule has 1 heterocycles. The van der Waals surface area contributed by atoms with E-state index in [9.17, 15) is 0 Å². The highest BCUT2D eigenvalue weighted by Crippen LogP contribution is 2.37. The number of aryl methyl sites for hydroxylation is 1. The molecule has 2 N–H and O–H groups in total. The van der Waals surface area contributed by atoms with Gasteiger partial charge in [-0.3, -0.25) is 0 Å². The highest BCUT2D eigenvalue weighted by atomic mass is 16.5. The second-order valence-corrected chi connectivity index (χ2v) is 5.00. The lowest BCUT2D eigenvalue weighted by molar-refractivity contribution is 0.202. The lowest BCUT2D eigenvalue weighted by Gasteiger charge is -2.31. The van der Waals surface area contributed by atoms with Crippen molar-refractivity contribution in [3.8, 4) is 0 Å². The van der Waals surface area contributed by atoms with Gasteiger partial charge in [0.05, 0.1) is 6.61 Å². The quantitative estimate of drug-likeness (QED) is 0.831. The van der Waals surface area contributed by atoms with Crippen LogP contribution in [0.15, 0.2) is 6.20 Å². The van der Waals surface area contributed by atoms with Gasteiger partial charge < -0.3 is 15.4 Å². The summed E-state index contributed by atoms with van der Waals surface area (Å²) in [7, 11) is 1.72. The van der Waals surface area contributed by atoms with Crippen molar-refractivity contribution in [3.63, 3.8) is 0 Å². The van der Waals surface area contributed by atoms with E-state index in [-0.39, 0.29) is 0 Å². The summed E-state index contributed by atoms with van der Waals surface area (Å²) in [4.78, 5) is 10.7. The van der Waals surface area contributed by atoms with E-state index in [1.165, 1.54) is 12.8 Å². The number of nitrogen functional groups attached to an aromatic ring is 1. The molecular formula is C13H22N4O. The molecule has 0 radical (unpaired) electrons. The molecule has 18 heavy (non-hydrogen) atoms. The Hall–Kier alpha value is -1.36. The van der Waals surface area contributed by atoms with Gasteiger partial charge in [0.1, 0.15) is 5.82 Å². The minimum atomic E-state index is 0.334. The lowest BCUT2D eigenvalue weighted by atomic mass is 10.1. The van der Waals surface area contributed by atoms with Crippen LogP contribution in [0.3, 0.4) is 0 Å². The molecule has 0 aliphatic heterocycles. The third-order valence-electron chi connectivity index (χ3n) is 3.57. The standard InChI is InChI=1S/C13H22N4O/c1-9-8-15-13(14)16-12(9)17(6-7-18-3)10(2)11-4-5-11/h8,10-11H,4-7H2,1-3H3,(H2,14,15,16). The van der Waals surface area contributed by atoms with E-state index in [0.717, 1.165) is 23.8 Å². The fourth-order valence-corrected chi connectivity index (χ4v) is 2.26. The number of rotatable bonds is 6. The van der Waals surface area contributed by atoms with E-state index < -0.39 is 0 Å². The van der Waals surface area contributed by atoms with Crippen LogP contribution in [0, 0.1) is 12.8 Å². The average molecular weight is 250 g/mol. The molecule has 0 saturated heterocycles. The first-order valence-corrected chi connectivity index (χ1v) is 6.48. The first-order valence-electron chi connectivity index (χ1n) is 6.48. The number of aromatic nitrogens is 2. The average Bonchev–Trinajstić information content (AvgIpc) is 3.17. The van der Waals surface area contributed by atoms with E-state index in [1.807, 2.05) is 6.92 Å². The zero-order valence-electron chi connectivity index (χ0n) is 11.4. The monoisotopic (exact) mass is 250 g/mol. The smallest absolute Gasteiger partial charge is 0.221 e. The Morgan fingerprint density at radius 1 is 1.56 bits per heavy atom. The SMILES string of the molecule is COCCN(c1nc(N)ncc1C)C(C)C1CC1. The third kappa shape index (κ3) is 2.90. The molecule has 0 amide bonds. The predicted molar refractivity (Wildman–Crippen MR) is 72.6 cm³/mol. The molecule has 1 aliphatic rings. The summed E-state index contributed by atoms with van der Waals surface area (Å²) in [5.41, 5.74) is 6.77. The van der Waals surface area contributed by atoms with Crippen molar-refractivity contribution in [2.75, 3.05) is 30.9 Å². The molecule has 1 atom stereocenters. The van der Waals surface area contributed by atoms with Gasteiger partial charge in [0.2, 0.25) is 5.95 Å². The van der Waals surface area contributed by atoms with Gasteiger partial charge in [-0.2, -0.15) is 4.98 Å². The van der Waals surface area contributed by atoms with Crippen LogP contribution in [-0.4, -0.2) is 36.3 Å². The van der Waals surface area contributed by atoms with Gasteiger partial charge in [-0.15, -0.1) is 0 Å². The van der Waals surface area contributed by atoms with Crippen molar-refractivity contribution in [1.29, 1.82) is 0 Å². The summed E-state index contributed by atoms with van der Waals surface area (Å²) in [5.74, 6) is 2.05. The van der Waals surface area contributed by atoms with Crippen LogP contribution >= 0.6 is 0 Å². The van der Waals surface area contributed by atoms with Gasteiger partial charge in [0.15, 0.2) is 0 Å². The zero-order valence-corrected chi connectivity index (χ0v) is 11.4. The highest BCUT2D eigenvalue weighted by Gasteiger charge is 2.33. The van der Waals surface area contributed by atoms with E-state index >= 15 is 0 Å². The summed E-state index contributed by atoms with van der Waals surface area (Å²) in [6.45, 7) is 5.81. The van der Waals surface area contributed by atoms with E-state index in [2.05, 4.69) is 21.8 Å². The van der Waals surface area contributed by atoms with Crippen molar-refractivity contribution in [2.45, 2.75) is 32.7 Å². The lowest BCUT2D eigenvalue weighted by Crippen LogP contribution is -2.38. The zero-order chi connectivity index (χ0) is 13.1. The molecule has 1 unspecified atom stereocenters. The van der Waals surface area contributed by atoms with Crippen LogP contribution in [0.1, 0.15) is 25.3 Å². The van der Waals surface area contributed by atoms with Crippen molar-refractivity contribution in [1.82, 2.24) is 9.97 Å². The van der Waals surface area contributed by atoms with Gasteiger partial charge in [-0.1, -0.05) is 0 Å². The molecule has 5 nitrogen and oxygen atoms in total. The maximum atomic E-state index is 5.71. The first-order chi connectivity index (χ1) is 8.63. The molecule has 1 aromatic heterocycles. The number of methoxy groups -OCH3 is 1. The number of ether oxygens (including phenoxy) is 1. The van der Waals surface area contributed by atoms with Crippen LogP contribution in [0.25, 0.3) is 0 Å².